The van der Waals surface area contributed by atoms with Crippen molar-refractivity contribution in [3.8, 4) is 0 Å². The van der Waals surface area contributed by atoms with Crippen LogP contribution in [-0.4, -0.2) is 12.1 Å². The molecule has 122 valence electrons. The molecule has 0 saturated heterocycles. The van der Waals surface area contributed by atoms with Crippen LogP contribution in [0.5, 0.6) is 0 Å². The van der Waals surface area contributed by atoms with E-state index in [1.54, 1.807) is 28.9 Å². The van der Waals surface area contributed by atoms with Crippen LogP contribution in [0.25, 0.3) is 0 Å². The Morgan fingerprint density at radius 1 is 1.29 bits per heavy atom. The number of halogens is 1. The van der Waals surface area contributed by atoms with Gasteiger partial charge in [0, 0.05) is 31.1 Å². The van der Waals surface area contributed by atoms with Gasteiger partial charge in [-0.3, -0.25) is 4.79 Å². The van der Waals surface area contributed by atoms with E-state index in [1.807, 2.05) is 48.7 Å². The van der Waals surface area contributed by atoms with Crippen LogP contribution in [-0.2, 0) is 6.42 Å². The predicted octanol–water partition coefficient (Wildman–Crippen LogP) is 5.24. The van der Waals surface area contributed by atoms with Gasteiger partial charge in [0.2, 0.25) is 0 Å². The number of carbonyl (C=O) groups is 1. The third-order valence-corrected chi connectivity index (χ3v) is 6.39. The van der Waals surface area contributed by atoms with Gasteiger partial charge in [-0.25, -0.2) is 5.43 Å². The van der Waals surface area contributed by atoms with Crippen molar-refractivity contribution < 1.29 is 4.79 Å². The minimum atomic E-state index is -0.189. The molecule has 6 heteroatoms. The number of hydrogen-bond donors (Lipinski definition) is 1. The second-order valence-corrected chi connectivity index (χ2v) is 8.34. The average molecular weight is 419 g/mol. The fourth-order valence-corrected chi connectivity index (χ4v) is 4.42. The molecular formula is C18H15BrN2OS2. The van der Waals surface area contributed by atoms with Crippen molar-refractivity contribution in [3.63, 3.8) is 0 Å². The molecule has 0 fully saturated rings. The van der Waals surface area contributed by atoms with Crippen LogP contribution in [0.2, 0.25) is 0 Å². The third-order valence-electron chi connectivity index (χ3n) is 3.44. The quantitative estimate of drug-likeness (QED) is 0.446. The van der Waals surface area contributed by atoms with Crippen LogP contribution in [0.3, 0.4) is 0 Å². The zero-order chi connectivity index (χ0) is 16.9. The summed E-state index contributed by atoms with van der Waals surface area (Å²) in [5, 5.41) is 6.12. The van der Waals surface area contributed by atoms with Crippen LogP contribution in [0.1, 0.15) is 30.6 Å². The van der Waals surface area contributed by atoms with E-state index in [-0.39, 0.29) is 5.91 Å². The maximum Gasteiger partial charge on any atom is 0.271 e. The number of benzene rings is 1. The Bertz CT molecular complexity index is 850. The second-order valence-electron chi connectivity index (χ2n) is 5.17. The van der Waals surface area contributed by atoms with Gasteiger partial charge in [-0.05, 0) is 52.0 Å². The van der Waals surface area contributed by atoms with E-state index in [1.165, 1.54) is 9.75 Å². The van der Waals surface area contributed by atoms with Gasteiger partial charge < -0.3 is 0 Å². The molecule has 0 radical (unpaired) electrons. The molecule has 0 atom stereocenters. The molecule has 1 aromatic carbocycles. The van der Waals surface area contributed by atoms with Gasteiger partial charge in [-0.2, -0.15) is 5.10 Å². The fraction of sp³-hybridized carbons (Fsp3) is 0.111. The molecule has 0 unspecified atom stereocenters. The highest BCUT2D eigenvalue weighted by molar-refractivity contribution is 9.10. The molecule has 24 heavy (non-hydrogen) atoms. The van der Waals surface area contributed by atoms with E-state index in [9.17, 15) is 4.79 Å². The zero-order valence-electron chi connectivity index (χ0n) is 13.0. The van der Waals surface area contributed by atoms with Crippen LogP contribution in [0, 0.1) is 6.92 Å². The number of rotatable bonds is 5. The highest BCUT2D eigenvalue weighted by atomic mass is 79.9. The molecular weight excluding hydrogens is 404 g/mol. The molecule has 3 nitrogen and oxygen atoms in total. The molecule has 0 aliphatic heterocycles. The van der Waals surface area contributed by atoms with Crippen molar-refractivity contribution in [1.82, 2.24) is 5.43 Å². The lowest BCUT2D eigenvalue weighted by Gasteiger charge is -2.06. The summed E-state index contributed by atoms with van der Waals surface area (Å²) in [4.78, 5) is 15.8. The Morgan fingerprint density at radius 2 is 2.12 bits per heavy atom. The van der Waals surface area contributed by atoms with Crippen molar-refractivity contribution in [2.75, 3.05) is 0 Å². The fourth-order valence-electron chi connectivity index (χ4n) is 2.26. The Labute approximate surface area is 157 Å². The standard InChI is InChI=1S/C18H15BrN2OS2/c1-12-17(19)10-15(24-12)11-20-21-18(22)16-7-3-2-5-13(16)9-14-6-4-8-23-14/h2-8,10-11H,9H2,1H3,(H,21,22)/b20-11-. The Kier molecular flexibility index (Phi) is 5.60. The number of carbonyl (C=O) groups excluding carboxylic acids is 1. The summed E-state index contributed by atoms with van der Waals surface area (Å²) in [7, 11) is 0. The first-order chi connectivity index (χ1) is 11.6. The molecule has 0 aliphatic carbocycles. The van der Waals surface area contributed by atoms with Gasteiger partial charge in [0.05, 0.1) is 6.21 Å². The van der Waals surface area contributed by atoms with Gasteiger partial charge in [0.15, 0.2) is 0 Å². The summed E-state index contributed by atoms with van der Waals surface area (Å²) in [5.74, 6) is -0.189. The van der Waals surface area contributed by atoms with Crippen molar-refractivity contribution in [2.45, 2.75) is 13.3 Å². The smallest absolute Gasteiger partial charge is 0.267 e. The highest BCUT2D eigenvalue weighted by Crippen LogP contribution is 2.25. The van der Waals surface area contributed by atoms with Gasteiger partial charge in [-0.15, -0.1) is 22.7 Å². The van der Waals surface area contributed by atoms with Gasteiger partial charge in [-0.1, -0.05) is 24.3 Å². The highest BCUT2D eigenvalue weighted by Gasteiger charge is 2.11. The molecule has 1 amide bonds. The largest absolute Gasteiger partial charge is 0.271 e. The number of thiophene rings is 2. The monoisotopic (exact) mass is 418 g/mol. The van der Waals surface area contributed by atoms with Crippen LogP contribution < -0.4 is 5.43 Å². The van der Waals surface area contributed by atoms with Gasteiger partial charge >= 0.3 is 0 Å². The molecule has 3 aromatic rings. The van der Waals surface area contributed by atoms with E-state index in [4.69, 9.17) is 0 Å². The molecule has 0 spiro atoms. The summed E-state index contributed by atoms with van der Waals surface area (Å²) in [5.41, 5.74) is 4.28. The summed E-state index contributed by atoms with van der Waals surface area (Å²) < 4.78 is 1.06. The van der Waals surface area contributed by atoms with Crippen molar-refractivity contribution >= 4 is 50.7 Å². The average Bonchev–Trinajstić information content (AvgIpc) is 3.18. The number of hydrogen-bond acceptors (Lipinski definition) is 4. The molecule has 2 aromatic heterocycles. The lowest BCUT2D eigenvalue weighted by atomic mass is 10.0. The molecule has 1 N–H and O–H groups in total. The summed E-state index contributed by atoms with van der Waals surface area (Å²) in [6, 6.07) is 13.7. The van der Waals surface area contributed by atoms with E-state index >= 15 is 0 Å². The molecule has 0 saturated carbocycles. The Hall–Kier alpha value is -1.76. The number of amides is 1. The first-order valence-electron chi connectivity index (χ1n) is 7.33. The van der Waals surface area contributed by atoms with Crippen LogP contribution >= 0.6 is 38.6 Å². The maximum absolute atomic E-state index is 12.4. The van der Waals surface area contributed by atoms with Gasteiger partial charge in [0.25, 0.3) is 5.91 Å². The predicted molar refractivity (Wildman–Crippen MR) is 105 cm³/mol. The second kappa shape index (κ2) is 7.88. The van der Waals surface area contributed by atoms with E-state index in [2.05, 4.69) is 32.5 Å². The summed E-state index contributed by atoms with van der Waals surface area (Å²) in [6.45, 7) is 2.03. The first-order valence-corrected chi connectivity index (χ1v) is 9.82. The van der Waals surface area contributed by atoms with E-state index < -0.39 is 0 Å². The lowest BCUT2D eigenvalue weighted by molar-refractivity contribution is 0.0954. The van der Waals surface area contributed by atoms with E-state index in [0.717, 1.165) is 21.3 Å². The number of aryl methyl sites for hydroxylation is 1. The topological polar surface area (TPSA) is 41.5 Å². The molecule has 2 heterocycles. The molecule has 0 aliphatic rings. The third kappa shape index (κ3) is 4.20. The van der Waals surface area contributed by atoms with Gasteiger partial charge in [0.1, 0.15) is 0 Å². The maximum atomic E-state index is 12.4. The minimum absolute atomic E-state index is 0.189. The van der Waals surface area contributed by atoms with Crippen molar-refractivity contribution in [3.05, 3.63) is 78.1 Å². The minimum Gasteiger partial charge on any atom is -0.267 e. The lowest BCUT2D eigenvalue weighted by Crippen LogP contribution is -2.19. The van der Waals surface area contributed by atoms with Crippen molar-refractivity contribution in [1.29, 1.82) is 0 Å². The SMILES string of the molecule is Cc1sc(/C=N\NC(=O)c2ccccc2Cc2cccs2)cc1Br. The number of nitrogens with zero attached hydrogens (tertiary/aromatic N) is 1. The summed E-state index contributed by atoms with van der Waals surface area (Å²) >= 11 is 6.79. The molecule has 3 rings (SSSR count). The number of hydrazone groups is 1. The van der Waals surface area contributed by atoms with Crippen LogP contribution in [0.15, 0.2) is 57.4 Å². The van der Waals surface area contributed by atoms with Crippen LogP contribution in [0.4, 0.5) is 0 Å². The normalized spacial score (nSPS) is 11.1. The summed E-state index contributed by atoms with van der Waals surface area (Å²) in [6.07, 6.45) is 2.42. The Balaban J connectivity index is 1.70. The zero-order valence-corrected chi connectivity index (χ0v) is 16.2. The molecule has 0 bridgehead atoms. The van der Waals surface area contributed by atoms with Crippen molar-refractivity contribution in [2.24, 2.45) is 5.10 Å². The Morgan fingerprint density at radius 3 is 2.83 bits per heavy atom. The van der Waals surface area contributed by atoms with E-state index in [0.29, 0.717) is 5.56 Å². The first kappa shape index (κ1) is 17.1. The number of nitrogens with one attached hydrogen (secondary N) is 1.